The lowest BCUT2D eigenvalue weighted by Crippen LogP contribution is -2.43. The number of likely N-dealkylation sites (tertiary alicyclic amines) is 1. The van der Waals surface area contributed by atoms with Gasteiger partial charge < -0.3 is 35.0 Å². The molecule has 0 saturated carbocycles. The van der Waals surface area contributed by atoms with Gasteiger partial charge in [0.25, 0.3) is 0 Å². The van der Waals surface area contributed by atoms with E-state index in [0.29, 0.717) is 24.2 Å². The van der Waals surface area contributed by atoms with Gasteiger partial charge in [0.15, 0.2) is 0 Å². The molecule has 4 heterocycles. The number of allylic oxidation sites excluding steroid dienone is 1. The Hall–Kier alpha value is -3.34. The molecule has 0 aliphatic carbocycles. The first kappa shape index (κ1) is 31.6. The van der Waals surface area contributed by atoms with E-state index in [1.54, 1.807) is 11.9 Å². The maximum absolute atomic E-state index is 12.9. The molecule has 2 N–H and O–H groups in total. The van der Waals surface area contributed by atoms with Crippen LogP contribution in [0, 0.1) is 0 Å². The summed E-state index contributed by atoms with van der Waals surface area (Å²) in [6, 6.07) is 18.0. The molecule has 2 aromatic carbocycles. The van der Waals surface area contributed by atoms with Crippen LogP contribution in [0.25, 0.3) is 0 Å². The molecule has 45 heavy (non-hydrogen) atoms. The van der Waals surface area contributed by atoms with E-state index >= 15 is 0 Å². The molecule has 0 spiro atoms. The highest BCUT2D eigenvalue weighted by Crippen LogP contribution is 2.40. The summed E-state index contributed by atoms with van der Waals surface area (Å²) in [5.41, 5.74) is 5.06. The highest BCUT2D eigenvalue weighted by molar-refractivity contribution is 8.04. The first-order valence-corrected chi connectivity index (χ1v) is 17.3. The second kappa shape index (κ2) is 14.0. The Bertz CT molecular complexity index is 1360. The number of carbonyl (C=O) groups is 1. The Morgan fingerprint density at radius 1 is 0.822 bits per heavy atom. The number of ether oxygens (including phenoxy) is 1. The van der Waals surface area contributed by atoms with Gasteiger partial charge in [-0.25, -0.2) is 4.79 Å². The number of nitrogens with one attached hydrogen (secondary N) is 2. The molecular formula is C35H49N7O2S. The summed E-state index contributed by atoms with van der Waals surface area (Å²) in [6.45, 7) is 11.4. The van der Waals surface area contributed by atoms with Crippen LogP contribution in [0.3, 0.4) is 0 Å². The van der Waals surface area contributed by atoms with Crippen LogP contribution in [0.15, 0.2) is 71.5 Å². The molecule has 4 aliphatic heterocycles. The largest absolute Gasteiger partial charge is 0.377 e. The number of hydrogen-bond donors (Lipinski definition) is 2. The first-order chi connectivity index (χ1) is 21.7. The van der Waals surface area contributed by atoms with Crippen molar-refractivity contribution < 1.29 is 9.53 Å². The third-order valence-electron chi connectivity index (χ3n) is 9.68. The van der Waals surface area contributed by atoms with Crippen molar-refractivity contribution in [3.63, 3.8) is 0 Å². The molecule has 0 bridgehead atoms. The lowest BCUT2D eigenvalue weighted by Gasteiger charge is -2.41. The van der Waals surface area contributed by atoms with E-state index in [2.05, 4.69) is 106 Å². The minimum atomic E-state index is -0.250. The maximum atomic E-state index is 12.9. The van der Waals surface area contributed by atoms with Crippen LogP contribution in [-0.2, 0) is 4.74 Å². The topological polar surface area (TPSA) is 66.6 Å². The zero-order valence-corrected chi connectivity index (χ0v) is 28.2. The van der Waals surface area contributed by atoms with Crippen LogP contribution >= 0.6 is 11.9 Å². The van der Waals surface area contributed by atoms with Gasteiger partial charge in [-0.15, -0.1) is 0 Å². The molecule has 10 heteroatoms. The van der Waals surface area contributed by atoms with Crippen molar-refractivity contribution in [3.8, 4) is 0 Å². The second-order valence-electron chi connectivity index (χ2n) is 13.1. The van der Waals surface area contributed by atoms with Crippen molar-refractivity contribution in [1.29, 1.82) is 0 Å². The fourth-order valence-electron chi connectivity index (χ4n) is 6.98. The van der Waals surface area contributed by atoms with Crippen molar-refractivity contribution in [2.75, 3.05) is 66.8 Å². The molecule has 3 saturated heterocycles. The number of anilines is 4. The van der Waals surface area contributed by atoms with Crippen molar-refractivity contribution in [1.82, 2.24) is 14.7 Å². The molecule has 0 radical (unpaired) electrons. The molecular weight excluding hydrogens is 582 g/mol. The summed E-state index contributed by atoms with van der Waals surface area (Å²) >= 11 is 1.75. The second-order valence-corrected chi connectivity index (χ2v) is 14.1. The molecule has 2 aromatic rings. The predicted octanol–water partition coefficient (Wildman–Crippen LogP) is 6.61. The highest BCUT2D eigenvalue weighted by atomic mass is 32.2. The van der Waals surface area contributed by atoms with Crippen LogP contribution in [0.2, 0.25) is 0 Å². The van der Waals surface area contributed by atoms with Gasteiger partial charge in [0.1, 0.15) is 0 Å². The van der Waals surface area contributed by atoms with E-state index in [1.165, 1.54) is 42.1 Å². The highest BCUT2D eigenvalue weighted by Gasteiger charge is 2.33. The SMILES string of the molecule is CC1COCCN1C1=CC(N2[C@H](C)CC[C@@H]2C)=CN(c2ccc(NC(=O)Nc3ccc(N4CCC(N(C)C)CC4)cc3)cc2)S1. The van der Waals surface area contributed by atoms with Crippen LogP contribution in [0.4, 0.5) is 27.5 Å². The smallest absolute Gasteiger partial charge is 0.323 e. The summed E-state index contributed by atoms with van der Waals surface area (Å²) in [6.07, 6.45) is 9.40. The van der Waals surface area contributed by atoms with Gasteiger partial charge >= 0.3 is 6.03 Å². The van der Waals surface area contributed by atoms with E-state index < -0.39 is 0 Å². The van der Waals surface area contributed by atoms with Gasteiger partial charge in [-0.3, -0.25) is 4.31 Å². The number of benzene rings is 2. The van der Waals surface area contributed by atoms with Crippen LogP contribution in [-0.4, -0.2) is 91.8 Å². The number of hydrogen-bond acceptors (Lipinski definition) is 8. The molecule has 1 unspecified atom stereocenters. The normalized spacial score (nSPS) is 24.5. The third-order valence-corrected chi connectivity index (χ3v) is 10.7. The Labute approximate surface area is 273 Å². The summed E-state index contributed by atoms with van der Waals surface area (Å²) in [4.78, 5) is 22.7. The molecule has 2 amide bonds. The van der Waals surface area contributed by atoms with Crippen LogP contribution in [0.1, 0.15) is 46.5 Å². The molecule has 9 nitrogen and oxygen atoms in total. The Morgan fingerprint density at radius 3 is 2.00 bits per heavy atom. The van der Waals surface area contributed by atoms with Crippen LogP contribution in [0.5, 0.6) is 0 Å². The van der Waals surface area contributed by atoms with Crippen LogP contribution < -0.4 is 19.8 Å². The quantitative estimate of drug-likeness (QED) is 0.331. The van der Waals surface area contributed by atoms with Crippen molar-refractivity contribution in [3.05, 3.63) is 71.5 Å². The van der Waals surface area contributed by atoms with Gasteiger partial charge in [-0.1, -0.05) is 0 Å². The number of morpholine rings is 1. The van der Waals surface area contributed by atoms with Gasteiger partial charge in [0.2, 0.25) is 0 Å². The molecule has 3 fully saturated rings. The zero-order valence-electron chi connectivity index (χ0n) is 27.4. The Kier molecular flexibility index (Phi) is 9.82. The van der Waals surface area contributed by atoms with Crippen molar-refractivity contribution >= 4 is 40.7 Å². The number of carbonyl (C=O) groups excluding carboxylic acids is 1. The molecule has 3 atom stereocenters. The third kappa shape index (κ3) is 7.39. The average molecular weight is 632 g/mol. The number of amides is 2. The lowest BCUT2D eigenvalue weighted by atomic mass is 10.0. The summed E-state index contributed by atoms with van der Waals surface area (Å²) in [5.74, 6) is 0. The van der Waals surface area contributed by atoms with Gasteiger partial charge in [0.05, 0.1) is 35.7 Å². The maximum Gasteiger partial charge on any atom is 0.323 e. The number of piperidine rings is 1. The van der Waals surface area contributed by atoms with Gasteiger partial charge in [-0.2, -0.15) is 0 Å². The lowest BCUT2D eigenvalue weighted by molar-refractivity contribution is 0.0211. The molecule has 0 aromatic heterocycles. The zero-order chi connectivity index (χ0) is 31.5. The minimum absolute atomic E-state index is 0.250. The van der Waals surface area contributed by atoms with Crippen molar-refractivity contribution in [2.45, 2.75) is 70.6 Å². The number of rotatable bonds is 7. The standard InChI is InChI=1S/C35H49N7O2S/c1-25-6-7-26(2)42(25)33-22-34(40-20-21-44-24-27(40)3)45-41(23-33)32-14-10-29(11-15-32)37-35(43)36-28-8-12-31(13-9-28)39-18-16-30(17-19-39)38(4)5/h8-15,22-23,25-27,30H,6-7,16-21,24H2,1-5H3,(H2,36,37,43)/t25-,26+,27?. The summed E-state index contributed by atoms with van der Waals surface area (Å²) in [7, 11) is 4.33. The van der Waals surface area contributed by atoms with E-state index in [-0.39, 0.29) is 6.03 Å². The number of nitrogens with zero attached hydrogens (tertiary/aromatic N) is 5. The van der Waals surface area contributed by atoms with E-state index in [9.17, 15) is 4.79 Å². The molecule has 4 aliphatic rings. The van der Waals surface area contributed by atoms with E-state index in [0.717, 1.165) is 49.9 Å². The fourth-order valence-corrected chi connectivity index (χ4v) is 8.12. The first-order valence-electron chi connectivity index (χ1n) is 16.5. The summed E-state index contributed by atoms with van der Waals surface area (Å²) < 4.78 is 8.00. The minimum Gasteiger partial charge on any atom is -0.377 e. The molecule has 242 valence electrons. The molecule has 6 rings (SSSR count). The monoisotopic (exact) mass is 631 g/mol. The van der Waals surface area contributed by atoms with E-state index in [1.807, 2.05) is 24.3 Å². The Morgan fingerprint density at radius 2 is 1.42 bits per heavy atom. The van der Waals surface area contributed by atoms with Crippen molar-refractivity contribution in [2.24, 2.45) is 0 Å². The summed E-state index contributed by atoms with van der Waals surface area (Å²) in [5, 5.41) is 7.23. The van der Waals surface area contributed by atoms with E-state index in [4.69, 9.17) is 4.74 Å². The average Bonchev–Trinajstić information content (AvgIpc) is 3.39. The fraction of sp³-hybridized carbons (Fsp3) is 0.514. The predicted molar refractivity (Wildman–Crippen MR) is 188 cm³/mol. The number of urea groups is 1. The van der Waals surface area contributed by atoms with Gasteiger partial charge in [-0.05, 0) is 115 Å². The Balaban J connectivity index is 1.09. The van der Waals surface area contributed by atoms with Gasteiger partial charge in [0, 0.05) is 73.0 Å².